The molecule has 1 saturated carbocycles. The molecule has 2 rings (SSSR count). The van der Waals surface area contributed by atoms with E-state index in [1.807, 2.05) is 11.8 Å². The topological polar surface area (TPSA) is 15.3 Å². The van der Waals surface area contributed by atoms with E-state index in [1.165, 1.54) is 50.9 Å². The van der Waals surface area contributed by atoms with Crippen molar-refractivity contribution >= 4 is 11.8 Å². The van der Waals surface area contributed by atoms with Crippen molar-refractivity contribution in [3.8, 4) is 0 Å². The summed E-state index contributed by atoms with van der Waals surface area (Å²) in [5, 5.41) is 3.84. The Bertz CT molecular complexity index is 238. The third-order valence-corrected chi connectivity index (χ3v) is 5.33. The van der Waals surface area contributed by atoms with Gasteiger partial charge < -0.3 is 5.32 Å². The van der Waals surface area contributed by atoms with Crippen molar-refractivity contribution in [3.05, 3.63) is 0 Å². The highest BCUT2D eigenvalue weighted by Gasteiger charge is 2.40. The van der Waals surface area contributed by atoms with Crippen molar-refractivity contribution in [2.75, 3.05) is 25.1 Å². The fraction of sp³-hybridized carbons (Fsp3) is 1.00. The maximum atomic E-state index is 3.84. The molecule has 0 aromatic rings. The molecule has 0 aromatic carbocycles. The van der Waals surface area contributed by atoms with Gasteiger partial charge in [-0.15, -0.1) is 0 Å². The average molecular weight is 256 g/mol. The normalized spacial score (nSPS) is 30.9. The number of hydrogen-bond acceptors (Lipinski definition) is 3. The summed E-state index contributed by atoms with van der Waals surface area (Å²) < 4.78 is 0. The van der Waals surface area contributed by atoms with Gasteiger partial charge in [-0.2, -0.15) is 11.8 Å². The van der Waals surface area contributed by atoms with Crippen LogP contribution < -0.4 is 5.32 Å². The summed E-state index contributed by atoms with van der Waals surface area (Å²) in [6.07, 6.45) is 9.19. The van der Waals surface area contributed by atoms with Crippen molar-refractivity contribution in [2.24, 2.45) is 0 Å². The van der Waals surface area contributed by atoms with Gasteiger partial charge in [0.05, 0.1) is 0 Å². The third kappa shape index (κ3) is 3.18. The minimum atomic E-state index is 0.472. The van der Waals surface area contributed by atoms with Gasteiger partial charge in [-0.1, -0.05) is 12.8 Å². The molecule has 100 valence electrons. The molecule has 1 N–H and O–H groups in total. The van der Waals surface area contributed by atoms with Crippen LogP contribution in [0.15, 0.2) is 0 Å². The van der Waals surface area contributed by atoms with E-state index >= 15 is 0 Å². The summed E-state index contributed by atoms with van der Waals surface area (Å²) in [6.45, 7) is 7.26. The highest BCUT2D eigenvalue weighted by Crippen LogP contribution is 2.34. The first-order chi connectivity index (χ1) is 8.17. The zero-order chi connectivity index (χ0) is 12.3. The summed E-state index contributed by atoms with van der Waals surface area (Å²) >= 11 is 1.98. The molecule has 1 saturated heterocycles. The van der Waals surface area contributed by atoms with Crippen LogP contribution in [0.5, 0.6) is 0 Å². The molecule has 2 fully saturated rings. The molecule has 1 heterocycles. The molecule has 0 aromatic heterocycles. The van der Waals surface area contributed by atoms with Gasteiger partial charge in [0.25, 0.3) is 0 Å². The minimum Gasteiger partial charge on any atom is -0.308 e. The van der Waals surface area contributed by atoms with Gasteiger partial charge in [0, 0.05) is 30.7 Å². The average Bonchev–Trinajstić information content (AvgIpc) is 2.78. The molecule has 2 aliphatic rings. The lowest BCUT2D eigenvalue weighted by Gasteiger charge is -2.48. The number of thioether (sulfide) groups is 1. The summed E-state index contributed by atoms with van der Waals surface area (Å²) in [5.74, 6) is 1.30. The van der Waals surface area contributed by atoms with E-state index in [2.05, 4.69) is 30.3 Å². The Kier molecular flexibility index (Phi) is 4.79. The SMILES string of the molecule is CSCCC(C)N1CC2(CCCC2)NCC1C. The van der Waals surface area contributed by atoms with Gasteiger partial charge in [0.2, 0.25) is 0 Å². The van der Waals surface area contributed by atoms with E-state index in [0.29, 0.717) is 11.6 Å². The number of nitrogens with one attached hydrogen (secondary N) is 1. The van der Waals surface area contributed by atoms with Gasteiger partial charge in [-0.3, -0.25) is 4.90 Å². The quantitative estimate of drug-likeness (QED) is 0.832. The molecule has 2 nitrogen and oxygen atoms in total. The van der Waals surface area contributed by atoms with E-state index < -0.39 is 0 Å². The Labute approximate surface area is 111 Å². The standard InChI is InChI=1S/C14H28N2S/c1-12(6-9-17-3)16-11-14(7-4-5-8-14)15-10-13(16)2/h12-13,15H,4-11H2,1-3H3. The van der Waals surface area contributed by atoms with Crippen molar-refractivity contribution in [1.82, 2.24) is 10.2 Å². The Hall–Kier alpha value is 0.270. The monoisotopic (exact) mass is 256 g/mol. The molecule has 3 heteroatoms. The maximum absolute atomic E-state index is 3.84. The molecular weight excluding hydrogens is 228 g/mol. The van der Waals surface area contributed by atoms with Crippen LogP contribution in [-0.2, 0) is 0 Å². The molecule has 17 heavy (non-hydrogen) atoms. The van der Waals surface area contributed by atoms with E-state index in [9.17, 15) is 0 Å². The minimum absolute atomic E-state index is 0.472. The van der Waals surface area contributed by atoms with E-state index in [1.54, 1.807) is 0 Å². The summed E-state index contributed by atoms with van der Waals surface area (Å²) in [7, 11) is 0. The second kappa shape index (κ2) is 5.94. The highest BCUT2D eigenvalue weighted by atomic mass is 32.2. The number of rotatable bonds is 4. The lowest BCUT2D eigenvalue weighted by molar-refractivity contribution is 0.0558. The maximum Gasteiger partial charge on any atom is 0.0309 e. The van der Waals surface area contributed by atoms with Crippen LogP contribution in [0.1, 0.15) is 46.0 Å². The number of hydrogen-bond donors (Lipinski definition) is 1. The van der Waals surface area contributed by atoms with E-state index in [-0.39, 0.29) is 0 Å². The zero-order valence-electron chi connectivity index (χ0n) is 11.7. The van der Waals surface area contributed by atoms with E-state index in [0.717, 1.165) is 6.04 Å². The van der Waals surface area contributed by atoms with Crippen molar-refractivity contribution < 1.29 is 0 Å². The fourth-order valence-corrected chi connectivity index (χ4v) is 4.05. The fourth-order valence-electron chi connectivity index (χ4n) is 3.47. The molecule has 1 spiro atoms. The summed E-state index contributed by atoms with van der Waals surface area (Å²) in [5.41, 5.74) is 0.472. The lowest BCUT2D eigenvalue weighted by atomic mass is 9.91. The van der Waals surface area contributed by atoms with Gasteiger partial charge in [-0.05, 0) is 45.1 Å². The van der Waals surface area contributed by atoms with Crippen LogP contribution in [0.2, 0.25) is 0 Å². The molecule has 2 atom stereocenters. The summed E-state index contributed by atoms with van der Waals surface area (Å²) in [4.78, 5) is 2.76. The molecule has 1 aliphatic heterocycles. The molecule has 1 aliphatic carbocycles. The Morgan fingerprint density at radius 2 is 2.12 bits per heavy atom. The second-order valence-corrected chi connectivity index (χ2v) is 7.01. The van der Waals surface area contributed by atoms with Crippen LogP contribution >= 0.6 is 11.8 Å². The van der Waals surface area contributed by atoms with Gasteiger partial charge in [0.1, 0.15) is 0 Å². The first kappa shape index (κ1) is 13.7. The van der Waals surface area contributed by atoms with Crippen LogP contribution in [0.3, 0.4) is 0 Å². The van der Waals surface area contributed by atoms with Crippen molar-refractivity contribution in [1.29, 1.82) is 0 Å². The predicted molar refractivity (Wildman–Crippen MR) is 77.8 cm³/mol. The van der Waals surface area contributed by atoms with Crippen LogP contribution in [-0.4, -0.2) is 47.6 Å². The van der Waals surface area contributed by atoms with Crippen molar-refractivity contribution in [2.45, 2.75) is 63.6 Å². The van der Waals surface area contributed by atoms with E-state index in [4.69, 9.17) is 0 Å². The molecule has 0 bridgehead atoms. The first-order valence-electron chi connectivity index (χ1n) is 7.16. The number of nitrogens with zero attached hydrogens (tertiary/aromatic N) is 1. The predicted octanol–water partition coefficient (Wildman–Crippen LogP) is 2.73. The van der Waals surface area contributed by atoms with Gasteiger partial charge in [-0.25, -0.2) is 0 Å². The zero-order valence-corrected chi connectivity index (χ0v) is 12.5. The molecular formula is C14H28N2S. The highest BCUT2D eigenvalue weighted by molar-refractivity contribution is 7.98. The smallest absolute Gasteiger partial charge is 0.0309 e. The lowest BCUT2D eigenvalue weighted by Crippen LogP contribution is -2.64. The molecule has 0 amide bonds. The Morgan fingerprint density at radius 3 is 2.76 bits per heavy atom. The number of piperazine rings is 1. The Morgan fingerprint density at radius 1 is 1.41 bits per heavy atom. The molecule has 0 radical (unpaired) electrons. The van der Waals surface area contributed by atoms with Crippen molar-refractivity contribution in [3.63, 3.8) is 0 Å². The second-order valence-electron chi connectivity index (χ2n) is 6.02. The summed E-state index contributed by atoms with van der Waals surface area (Å²) in [6, 6.07) is 1.45. The largest absolute Gasteiger partial charge is 0.308 e. The van der Waals surface area contributed by atoms with Crippen LogP contribution in [0.25, 0.3) is 0 Å². The first-order valence-corrected chi connectivity index (χ1v) is 8.56. The van der Waals surface area contributed by atoms with Gasteiger partial charge in [0.15, 0.2) is 0 Å². The molecule has 2 unspecified atom stereocenters. The Balaban J connectivity index is 1.94. The third-order valence-electron chi connectivity index (χ3n) is 4.69. The van der Waals surface area contributed by atoms with Crippen LogP contribution in [0, 0.1) is 0 Å². The van der Waals surface area contributed by atoms with Crippen LogP contribution in [0.4, 0.5) is 0 Å². The van der Waals surface area contributed by atoms with Gasteiger partial charge >= 0.3 is 0 Å².